The number of nitrogens with one attached hydrogen (secondary N) is 3. The fourth-order valence-corrected chi connectivity index (χ4v) is 4.78. The van der Waals surface area contributed by atoms with Crippen LogP contribution in [0.2, 0.25) is 0 Å². The molecule has 3 aromatic rings. The van der Waals surface area contributed by atoms with Crippen molar-refractivity contribution in [2.24, 2.45) is 0 Å². The van der Waals surface area contributed by atoms with Gasteiger partial charge in [-0.15, -0.1) is 0 Å². The molecule has 1 fully saturated rings. The predicted octanol–water partition coefficient (Wildman–Crippen LogP) is 5.77. The summed E-state index contributed by atoms with van der Waals surface area (Å²) in [4.78, 5) is 13.2. The molecule has 34 heavy (non-hydrogen) atoms. The lowest BCUT2D eigenvalue weighted by Gasteiger charge is -2.11. The van der Waals surface area contributed by atoms with Crippen molar-refractivity contribution in [3.8, 4) is 0 Å². The Hall–Kier alpha value is -2.85. The number of fused-ring (bicyclic) bond motifs is 1. The third-order valence-electron chi connectivity index (χ3n) is 5.55. The van der Waals surface area contributed by atoms with Crippen molar-refractivity contribution in [1.82, 2.24) is 20.3 Å². The smallest absolute Gasteiger partial charge is 0.189 e. The lowest BCUT2D eigenvalue weighted by atomic mass is 10.2. The molecule has 1 aliphatic heterocycles. The summed E-state index contributed by atoms with van der Waals surface area (Å²) in [5, 5.41) is 10.9. The molecule has 1 aromatic carbocycles. The van der Waals surface area contributed by atoms with E-state index in [0.29, 0.717) is 34.8 Å². The molecular formula is C24H24ClFN6OS. The normalized spacial score (nSPS) is 18.3. The first-order valence-electron chi connectivity index (χ1n) is 11.1. The van der Waals surface area contributed by atoms with Gasteiger partial charge in [-0.2, -0.15) is 4.98 Å². The lowest BCUT2D eigenvalue weighted by Crippen LogP contribution is -2.25. The zero-order chi connectivity index (χ0) is 23.3. The predicted molar refractivity (Wildman–Crippen MR) is 135 cm³/mol. The van der Waals surface area contributed by atoms with Crippen LogP contribution >= 0.6 is 22.9 Å². The zero-order valence-electron chi connectivity index (χ0n) is 18.4. The van der Waals surface area contributed by atoms with E-state index in [1.807, 2.05) is 18.2 Å². The Bertz CT molecular complexity index is 1250. The summed E-state index contributed by atoms with van der Waals surface area (Å²) >= 11 is 7.36. The maximum absolute atomic E-state index is 13.7. The molecule has 0 amide bonds. The van der Waals surface area contributed by atoms with Gasteiger partial charge in [-0.1, -0.05) is 41.1 Å². The number of benzene rings is 1. The molecule has 7 nitrogen and oxygen atoms in total. The second-order valence-corrected chi connectivity index (χ2v) is 9.51. The molecule has 3 N–H and O–H groups in total. The van der Waals surface area contributed by atoms with Crippen molar-refractivity contribution in [2.45, 2.75) is 31.9 Å². The molecule has 1 saturated heterocycles. The average molecular weight is 499 g/mol. The number of nitrogens with zero attached hydrogens (tertiary/aromatic N) is 3. The fraction of sp³-hybridized carbons (Fsp3) is 0.292. The number of ether oxygens (including phenoxy) is 1. The maximum Gasteiger partial charge on any atom is 0.189 e. The number of allylic oxidation sites excluding steroid dienone is 5. The summed E-state index contributed by atoms with van der Waals surface area (Å²) < 4.78 is 20.2. The van der Waals surface area contributed by atoms with Crippen LogP contribution in [-0.2, 0) is 11.3 Å². The van der Waals surface area contributed by atoms with Crippen LogP contribution in [-0.4, -0.2) is 34.2 Å². The van der Waals surface area contributed by atoms with E-state index in [9.17, 15) is 4.39 Å². The number of hydrogen-bond acceptors (Lipinski definition) is 8. The zero-order valence-corrected chi connectivity index (χ0v) is 19.9. The number of anilines is 3. The van der Waals surface area contributed by atoms with Crippen LogP contribution in [0.15, 0.2) is 65.4 Å². The number of aromatic nitrogens is 3. The van der Waals surface area contributed by atoms with E-state index in [-0.39, 0.29) is 5.03 Å². The molecule has 0 bridgehead atoms. The van der Waals surface area contributed by atoms with Crippen LogP contribution in [0.25, 0.3) is 10.3 Å². The number of thiazole rings is 1. The highest BCUT2D eigenvalue weighted by Gasteiger charge is 2.15. The van der Waals surface area contributed by atoms with E-state index in [0.717, 1.165) is 42.9 Å². The van der Waals surface area contributed by atoms with E-state index in [2.05, 4.69) is 43.0 Å². The van der Waals surface area contributed by atoms with Crippen molar-refractivity contribution in [2.75, 3.05) is 23.8 Å². The highest BCUT2D eigenvalue weighted by Crippen LogP contribution is 2.32. The molecule has 3 heterocycles. The van der Waals surface area contributed by atoms with Crippen LogP contribution in [0.3, 0.4) is 0 Å². The molecule has 2 aromatic heterocycles. The minimum absolute atomic E-state index is 0.176. The Morgan fingerprint density at radius 2 is 2.03 bits per heavy atom. The first-order chi connectivity index (χ1) is 16.6. The summed E-state index contributed by atoms with van der Waals surface area (Å²) in [5.74, 6) is 0.175. The Kier molecular flexibility index (Phi) is 7.15. The van der Waals surface area contributed by atoms with Crippen LogP contribution in [0, 0.1) is 0 Å². The van der Waals surface area contributed by atoms with Crippen molar-refractivity contribution in [3.05, 3.63) is 70.9 Å². The Morgan fingerprint density at radius 1 is 1.15 bits per heavy atom. The van der Waals surface area contributed by atoms with Gasteiger partial charge in [0.15, 0.2) is 16.6 Å². The highest BCUT2D eigenvalue weighted by molar-refractivity contribution is 7.22. The van der Waals surface area contributed by atoms with Gasteiger partial charge in [0.2, 0.25) is 0 Å². The van der Waals surface area contributed by atoms with Gasteiger partial charge in [0, 0.05) is 37.5 Å². The first kappa shape index (κ1) is 22.9. The van der Waals surface area contributed by atoms with E-state index < -0.39 is 5.83 Å². The van der Waals surface area contributed by atoms with E-state index >= 15 is 0 Å². The molecule has 1 atom stereocenters. The standard InChI is InChI=1S/C24H24ClFN6OS/c25-19-9-7-16(8-10-20(19)26)30-22-21-23(29-14-28-22)32-24(34-21)31-17-5-3-15(4-6-17)12-27-13-18-2-1-11-33-18/h3-8,10,14,18,27H,1-2,9,11-13H2,(H2,28,29,30,31,32)/t18-/m1/s1. The van der Waals surface area contributed by atoms with Crippen molar-refractivity contribution in [3.63, 3.8) is 0 Å². The third kappa shape index (κ3) is 5.61. The molecule has 1 aliphatic carbocycles. The van der Waals surface area contributed by atoms with Gasteiger partial charge in [-0.25, -0.2) is 14.4 Å². The second kappa shape index (κ2) is 10.6. The summed E-state index contributed by atoms with van der Waals surface area (Å²) in [7, 11) is 0. The number of halogens is 2. The van der Waals surface area contributed by atoms with Crippen LogP contribution in [0.4, 0.5) is 21.0 Å². The molecule has 2 aliphatic rings. The van der Waals surface area contributed by atoms with E-state index in [4.69, 9.17) is 16.3 Å². The lowest BCUT2D eigenvalue weighted by molar-refractivity contribution is 0.110. The van der Waals surface area contributed by atoms with Crippen LogP contribution < -0.4 is 16.0 Å². The molecule has 10 heteroatoms. The van der Waals surface area contributed by atoms with Crippen molar-refractivity contribution >= 4 is 49.9 Å². The third-order valence-corrected chi connectivity index (χ3v) is 6.86. The molecule has 0 saturated carbocycles. The highest BCUT2D eigenvalue weighted by atomic mass is 35.5. The Balaban J connectivity index is 1.23. The van der Waals surface area contributed by atoms with Crippen LogP contribution in [0.5, 0.6) is 0 Å². The van der Waals surface area contributed by atoms with Gasteiger partial charge in [-0.05, 0) is 42.7 Å². The van der Waals surface area contributed by atoms with Gasteiger partial charge in [0.25, 0.3) is 0 Å². The summed E-state index contributed by atoms with van der Waals surface area (Å²) in [6, 6.07) is 8.25. The SMILES string of the molecule is FC1=C(Cl)CC=C(Nc2ncnc3nc(Nc4ccc(CNC[C@H]5CCCO5)cc4)sc23)C=C1. The molecule has 0 spiro atoms. The minimum Gasteiger partial charge on any atom is -0.377 e. The Morgan fingerprint density at radius 3 is 2.85 bits per heavy atom. The van der Waals surface area contributed by atoms with Crippen LogP contribution in [0.1, 0.15) is 24.8 Å². The number of hydrogen-bond donors (Lipinski definition) is 3. The van der Waals surface area contributed by atoms with Gasteiger partial charge < -0.3 is 20.7 Å². The monoisotopic (exact) mass is 498 g/mol. The van der Waals surface area contributed by atoms with Gasteiger partial charge in [0.1, 0.15) is 16.9 Å². The average Bonchev–Trinajstić information content (AvgIpc) is 3.48. The number of rotatable bonds is 8. The van der Waals surface area contributed by atoms with E-state index in [1.54, 1.807) is 6.08 Å². The maximum atomic E-state index is 13.7. The quantitative estimate of drug-likeness (QED) is 0.363. The topological polar surface area (TPSA) is 84.0 Å². The summed E-state index contributed by atoms with van der Waals surface area (Å²) in [5.41, 5.74) is 3.44. The molecule has 0 unspecified atom stereocenters. The molecule has 176 valence electrons. The minimum atomic E-state index is -0.434. The van der Waals surface area contributed by atoms with Crippen molar-refractivity contribution < 1.29 is 9.13 Å². The molecule has 5 rings (SSSR count). The largest absolute Gasteiger partial charge is 0.377 e. The summed E-state index contributed by atoms with van der Waals surface area (Å²) in [6.07, 6.45) is 9.20. The first-order valence-corrected chi connectivity index (χ1v) is 12.3. The fourth-order valence-electron chi connectivity index (χ4n) is 3.76. The summed E-state index contributed by atoms with van der Waals surface area (Å²) in [6.45, 7) is 2.57. The second-order valence-electron chi connectivity index (χ2n) is 8.06. The van der Waals surface area contributed by atoms with E-state index in [1.165, 1.54) is 29.3 Å². The molecular weight excluding hydrogens is 475 g/mol. The van der Waals surface area contributed by atoms with Gasteiger partial charge in [-0.3, -0.25) is 0 Å². The Labute approximate surface area is 205 Å². The molecule has 0 radical (unpaired) electrons. The van der Waals surface area contributed by atoms with Gasteiger partial charge >= 0.3 is 0 Å². The van der Waals surface area contributed by atoms with Crippen molar-refractivity contribution in [1.29, 1.82) is 0 Å². The van der Waals surface area contributed by atoms with Gasteiger partial charge in [0.05, 0.1) is 11.1 Å².